The lowest BCUT2D eigenvalue weighted by Crippen LogP contribution is -2.54. The van der Waals surface area contributed by atoms with Crippen molar-refractivity contribution in [3.05, 3.63) is 11.2 Å². The largest absolute Gasteiger partial charge is 0.355 e. The molecule has 1 saturated heterocycles. The number of hydrogen-bond acceptors (Lipinski definition) is 6. The molecule has 0 bridgehead atoms. The lowest BCUT2D eigenvalue weighted by atomic mass is 10.1. The van der Waals surface area contributed by atoms with Crippen LogP contribution in [0, 0.1) is 0 Å². The van der Waals surface area contributed by atoms with Crippen molar-refractivity contribution in [1.82, 2.24) is 20.2 Å². The van der Waals surface area contributed by atoms with Crippen LogP contribution in [0.4, 0.5) is 5.82 Å². The zero-order chi connectivity index (χ0) is 20.5. The van der Waals surface area contributed by atoms with Crippen LogP contribution in [-0.2, 0) is 9.59 Å². The normalized spacial score (nSPS) is 16.9. The molecular weight excluding hydrogens is 398 g/mol. The molecule has 0 unspecified atom stereocenters. The average Bonchev–Trinajstić information content (AvgIpc) is 2.68. The first kappa shape index (κ1) is 22.7. The Labute approximate surface area is 176 Å². The quantitative estimate of drug-likeness (QED) is 0.282. The summed E-state index contributed by atoms with van der Waals surface area (Å²) in [5.74, 6) is 1.16. The van der Waals surface area contributed by atoms with Crippen LogP contribution in [0.15, 0.2) is 11.2 Å². The number of amides is 2. The van der Waals surface area contributed by atoms with Gasteiger partial charge in [0.05, 0.1) is 5.75 Å². The lowest BCUT2D eigenvalue weighted by Gasteiger charge is -2.40. The van der Waals surface area contributed by atoms with E-state index in [2.05, 4.69) is 27.1 Å². The molecular formula is C19H30ClN5O2S. The standard InChI is InChI=1S/C19H30ClN5O2S/c1-4-6-7-8-21-17(26)13-28-19-22-15(20)11-16(23-19)24-9-10-25(14(3)12-24)18(27)5-2/h11,14H,4-10,12-13H2,1-3H3,(H,21,26)/t14-/m0/s1. The molecule has 1 fully saturated rings. The van der Waals surface area contributed by atoms with Crippen molar-refractivity contribution < 1.29 is 9.59 Å². The van der Waals surface area contributed by atoms with Gasteiger partial charge in [0, 0.05) is 44.7 Å². The van der Waals surface area contributed by atoms with Gasteiger partial charge in [-0.1, -0.05) is 50.1 Å². The van der Waals surface area contributed by atoms with Crippen molar-refractivity contribution in [2.45, 2.75) is 57.7 Å². The summed E-state index contributed by atoms with van der Waals surface area (Å²) < 4.78 is 0. The van der Waals surface area contributed by atoms with Gasteiger partial charge in [-0.25, -0.2) is 9.97 Å². The molecule has 0 saturated carbocycles. The van der Waals surface area contributed by atoms with Gasteiger partial charge in [-0.3, -0.25) is 9.59 Å². The van der Waals surface area contributed by atoms with E-state index in [4.69, 9.17) is 11.6 Å². The van der Waals surface area contributed by atoms with Crippen LogP contribution in [0.3, 0.4) is 0 Å². The molecule has 9 heteroatoms. The Morgan fingerprint density at radius 2 is 2.07 bits per heavy atom. The smallest absolute Gasteiger partial charge is 0.230 e. The van der Waals surface area contributed by atoms with Gasteiger partial charge in [0.2, 0.25) is 11.8 Å². The minimum absolute atomic E-state index is 0.0217. The third-order valence-electron chi connectivity index (χ3n) is 4.67. The number of rotatable bonds is 9. The van der Waals surface area contributed by atoms with E-state index in [1.807, 2.05) is 18.7 Å². The van der Waals surface area contributed by atoms with Gasteiger partial charge in [-0.15, -0.1) is 0 Å². The highest BCUT2D eigenvalue weighted by Gasteiger charge is 2.27. The number of thioether (sulfide) groups is 1. The number of anilines is 1. The highest BCUT2D eigenvalue weighted by molar-refractivity contribution is 7.99. The Kier molecular flexibility index (Phi) is 9.31. The van der Waals surface area contributed by atoms with Crippen molar-refractivity contribution >= 4 is 41.0 Å². The van der Waals surface area contributed by atoms with Crippen molar-refractivity contribution in [2.75, 3.05) is 36.8 Å². The predicted octanol–water partition coefficient (Wildman–Crippen LogP) is 2.98. The van der Waals surface area contributed by atoms with E-state index in [1.165, 1.54) is 11.8 Å². The van der Waals surface area contributed by atoms with Crippen LogP contribution in [0.5, 0.6) is 0 Å². The lowest BCUT2D eigenvalue weighted by molar-refractivity contribution is -0.133. The first-order chi connectivity index (χ1) is 13.4. The number of piperazine rings is 1. The molecule has 0 spiro atoms. The maximum absolute atomic E-state index is 12.0. The molecule has 2 rings (SSSR count). The van der Waals surface area contributed by atoms with Crippen LogP contribution in [0.25, 0.3) is 0 Å². The maximum atomic E-state index is 12.0. The van der Waals surface area contributed by atoms with Gasteiger partial charge in [0.25, 0.3) is 0 Å². The molecule has 1 aromatic rings. The van der Waals surface area contributed by atoms with Gasteiger partial charge < -0.3 is 15.1 Å². The molecule has 1 atom stereocenters. The summed E-state index contributed by atoms with van der Waals surface area (Å²) in [5.41, 5.74) is 0. The fraction of sp³-hybridized carbons (Fsp3) is 0.684. The van der Waals surface area contributed by atoms with E-state index in [0.29, 0.717) is 42.9 Å². The third kappa shape index (κ3) is 6.81. The molecule has 1 aliphatic rings. The van der Waals surface area contributed by atoms with Gasteiger partial charge in [0.15, 0.2) is 5.16 Å². The molecule has 0 aromatic carbocycles. The maximum Gasteiger partial charge on any atom is 0.230 e. The molecule has 1 N–H and O–H groups in total. The van der Waals surface area contributed by atoms with Gasteiger partial charge in [0.1, 0.15) is 11.0 Å². The van der Waals surface area contributed by atoms with E-state index >= 15 is 0 Å². The Bertz CT molecular complexity index is 676. The Morgan fingerprint density at radius 3 is 2.75 bits per heavy atom. The van der Waals surface area contributed by atoms with E-state index in [0.717, 1.165) is 25.1 Å². The summed E-state index contributed by atoms with van der Waals surface area (Å²) in [6, 6.07) is 1.85. The number of carbonyl (C=O) groups is 2. The highest BCUT2D eigenvalue weighted by Crippen LogP contribution is 2.24. The van der Waals surface area contributed by atoms with Gasteiger partial charge in [-0.05, 0) is 13.3 Å². The topological polar surface area (TPSA) is 78.4 Å². The molecule has 0 radical (unpaired) electrons. The second-order valence-electron chi connectivity index (χ2n) is 6.91. The number of carbonyl (C=O) groups excluding carboxylic acids is 2. The first-order valence-corrected chi connectivity index (χ1v) is 11.3. The molecule has 7 nitrogen and oxygen atoms in total. The van der Waals surface area contributed by atoms with Crippen molar-refractivity contribution in [3.8, 4) is 0 Å². The third-order valence-corrected chi connectivity index (χ3v) is 5.71. The van der Waals surface area contributed by atoms with Crippen molar-refractivity contribution in [3.63, 3.8) is 0 Å². The Balaban J connectivity index is 1.92. The van der Waals surface area contributed by atoms with Crippen LogP contribution in [-0.4, -0.2) is 64.7 Å². The monoisotopic (exact) mass is 427 g/mol. The zero-order valence-electron chi connectivity index (χ0n) is 16.9. The molecule has 2 heterocycles. The SMILES string of the molecule is CCCCCNC(=O)CSc1nc(Cl)cc(N2CCN(C(=O)CC)[C@@H](C)C2)n1. The average molecular weight is 428 g/mol. The molecule has 2 amide bonds. The number of hydrogen-bond donors (Lipinski definition) is 1. The zero-order valence-corrected chi connectivity index (χ0v) is 18.5. The summed E-state index contributed by atoms with van der Waals surface area (Å²) in [5, 5.41) is 3.76. The molecule has 28 heavy (non-hydrogen) atoms. The number of aromatic nitrogens is 2. The number of nitrogens with zero attached hydrogens (tertiary/aromatic N) is 4. The summed E-state index contributed by atoms with van der Waals surface area (Å²) in [4.78, 5) is 36.8. The first-order valence-electron chi connectivity index (χ1n) is 9.93. The fourth-order valence-electron chi connectivity index (χ4n) is 3.14. The minimum atomic E-state index is -0.0217. The summed E-state index contributed by atoms with van der Waals surface area (Å²) in [7, 11) is 0. The van der Waals surface area contributed by atoms with E-state index < -0.39 is 0 Å². The second kappa shape index (κ2) is 11.5. The van der Waals surface area contributed by atoms with Crippen LogP contribution in [0.1, 0.15) is 46.5 Å². The molecule has 1 aliphatic heterocycles. The minimum Gasteiger partial charge on any atom is -0.355 e. The molecule has 1 aromatic heterocycles. The second-order valence-corrected chi connectivity index (χ2v) is 8.24. The number of halogens is 1. The predicted molar refractivity (Wildman–Crippen MR) is 114 cm³/mol. The van der Waals surface area contributed by atoms with Crippen molar-refractivity contribution in [2.24, 2.45) is 0 Å². The number of nitrogens with one attached hydrogen (secondary N) is 1. The summed E-state index contributed by atoms with van der Waals surface area (Å²) in [6.45, 7) is 8.82. The molecule has 156 valence electrons. The van der Waals surface area contributed by atoms with E-state index in [1.54, 1.807) is 6.07 Å². The molecule has 0 aliphatic carbocycles. The Hall–Kier alpha value is -1.54. The summed E-state index contributed by atoms with van der Waals surface area (Å²) in [6.07, 6.45) is 3.76. The van der Waals surface area contributed by atoms with Crippen LogP contribution < -0.4 is 10.2 Å². The highest BCUT2D eigenvalue weighted by atomic mass is 35.5. The van der Waals surface area contributed by atoms with Crippen LogP contribution >= 0.6 is 23.4 Å². The van der Waals surface area contributed by atoms with E-state index in [9.17, 15) is 9.59 Å². The fourth-order valence-corrected chi connectivity index (χ4v) is 4.05. The van der Waals surface area contributed by atoms with Crippen molar-refractivity contribution in [1.29, 1.82) is 0 Å². The number of unbranched alkanes of at least 4 members (excludes halogenated alkanes) is 2. The van der Waals surface area contributed by atoms with Gasteiger partial charge >= 0.3 is 0 Å². The van der Waals surface area contributed by atoms with Crippen LogP contribution in [0.2, 0.25) is 5.15 Å². The van der Waals surface area contributed by atoms with E-state index in [-0.39, 0.29) is 23.6 Å². The Morgan fingerprint density at radius 1 is 1.29 bits per heavy atom. The summed E-state index contributed by atoms with van der Waals surface area (Å²) >= 11 is 7.47. The van der Waals surface area contributed by atoms with Gasteiger partial charge in [-0.2, -0.15) is 0 Å².